The van der Waals surface area contributed by atoms with Crippen molar-refractivity contribution in [1.82, 2.24) is 9.55 Å². The van der Waals surface area contributed by atoms with Gasteiger partial charge < -0.3 is 9.64 Å². The summed E-state index contributed by atoms with van der Waals surface area (Å²) in [5.41, 5.74) is 2.65. The first-order valence-corrected chi connectivity index (χ1v) is 9.55. The number of carbonyl (C=O) groups is 1. The third-order valence-electron chi connectivity index (χ3n) is 5.17. The van der Waals surface area contributed by atoms with Crippen LogP contribution in [0.3, 0.4) is 0 Å². The molecule has 1 saturated heterocycles. The number of rotatable bonds is 3. The van der Waals surface area contributed by atoms with Crippen LogP contribution in [0.5, 0.6) is 0 Å². The zero-order valence-corrected chi connectivity index (χ0v) is 16.1. The fourth-order valence-corrected chi connectivity index (χ4v) is 3.72. The highest BCUT2D eigenvalue weighted by atomic mass is 16.5. The van der Waals surface area contributed by atoms with Crippen LogP contribution in [-0.2, 0) is 4.74 Å². The van der Waals surface area contributed by atoms with Crippen molar-refractivity contribution < 1.29 is 9.53 Å². The maximum atomic E-state index is 13.4. The molecular formula is C22H23N3O3. The smallest absolute Gasteiger partial charge is 0.337 e. The van der Waals surface area contributed by atoms with Crippen LogP contribution in [0.1, 0.15) is 35.2 Å². The summed E-state index contributed by atoms with van der Waals surface area (Å²) in [6, 6.07) is 12.8. The van der Waals surface area contributed by atoms with E-state index >= 15 is 0 Å². The van der Waals surface area contributed by atoms with Crippen molar-refractivity contribution in [3.8, 4) is 5.69 Å². The van der Waals surface area contributed by atoms with Crippen LogP contribution in [0.4, 0.5) is 5.95 Å². The molecule has 1 aliphatic rings. The summed E-state index contributed by atoms with van der Waals surface area (Å²) in [6.45, 7) is 3.73. The molecule has 144 valence electrons. The van der Waals surface area contributed by atoms with Gasteiger partial charge >= 0.3 is 5.97 Å². The van der Waals surface area contributed by atoms with E-state index in [1.165, 1.54) is 13.5 Å². The molecular weight excluding hydrogens is 354 g/mol. The Balaban J connectivity index is 1.98. The zero-order valence-electron chi connectivity index (χ0n) is 16.1. The number of piperidine rings is 1. The number of hydrogen-bond donors (Lipinski definition) is 0. The molecule has 0 unspecified atom stereocenters. The predicted octanol–water partition coefficient (Wildman–Crippen LogP) is 3.47. The Morgan fingerprint density at radius 3 is 2.57 bits per heavy atom. The second kappa shape index (κ2) is 7.46. The van der Waals surface area contributed by atoms with Crippen LogP contribution in [0.25, 0.3) is 16.6 Å². The number of carbonyl (C=O) groups excluding carboxylic acids is 1. The lowest BCUT2D eigenvalue weighted by Crippen LogP contribution is -2.36. The lowest BCUT2D eigenvalue weighted by Gasteiger charge is -2.30. The fraction of sp³-hybridized carbons (Fsp3) is 0.318. The van der Waals surface area contributed by atoms with Crippen molar-refractivity contribution in [3.05, 3.63) is 63.9 Å². The Morgan fingerprint density at radius 2 is 1.86 bits per heavy atom. The summed E-state index contributed by atoms with van der Waals surface area (Å²) >= 11 is 0. The molecule has 0 bridgehead atoms. The van der Waals surface area contributed by atoms with Gasteiger partial charge in [-0.1, -0.05) is 12.1 Å². The second-order valence-electron chi connectivity index (χ2n) is 7.16. The van der Waals surface area contributed by atoms with Crippen LogP contribution in [0.15, 0.2) is 47.3 Å². The summed E-state index contributed by atoms with van der Waals surface area (Å²) in [5.74, 6) is 0.191. The van der Waals surface area contributed by atoms with Crippen molar-refractivity contribution in [2.24, 2.45) is 0 Å². The molecule has 6 heteroatoms. The summed E-state index contributed by atoms with van der Waals surface area (Å²) in [7, 11) is 1.34. The Labute approximate surface area is 163 Å². The minimum atomic E-state index is -0.439. The van der Waals surface area contributed by atoms with Gasteiger partial charge in [-0.25, -0.2) is 14.3 Å². The lowest BCUT2D eigenvalue weighted by atomic mass is 10.1. The first-order valence-electron chi connectivity index (χ1n) is 9.55. The highest BCUT2D eigenvalue weighted by Crippen LogP contribution is 2.23. The van der Waals surface area contributed by atoms with Gasteiger partial charge in [0.15, 0.2) is 0 Å². The van der Waals surface area contributed by atoms with Gasteiger partial charge in [0.1, 0.15) is 0 Å². The summed E-state index contributed by atoms with van der Waals surface area (Å²) in [5, 5.41) is 0.481. The van der Waals surface area contributed by atoms with Gasteiger partial charge in [0, 0.05) is 13.1 Å². The number of ether oxygens (including phenoxy) is 1. The Morgan fingerprint density at radius 1 is 1.07 bits per heavy atom. The largest absolute Gasteiger partial charge is 0.465 e. The molecule has 0 N–H and O–H groups in total. The van der Waals surface area contributed by atoms with Crippen LogP contribution >= 0.6 is 0 Å². The van der Waals surface area contributed by atoms with Crippen molar-refractivity contribution in [2.45, 2.75) is 26.2 Å². The lowest BCUT2D eigenvalue weighted by molar-refractivity contribution is 0.0601. The third-order valence-corrected chi connectivity index (χ3v) is 5.17. The molecule has 2 heterocycles. The van der Waals surface area contributed by atoms with Gasteiger partial charge in [-0.05, 0) is 62.1 Å². The van der Waals surface area contributed by atoms with E-state index < -0.39 is 5.97 Å². The molecule has 0 spiro atoms. The van der Waals surface area contributed by atoms with Crippen molar-refractivity contribution >= 4 is 22.8 Å². The predicted molar refractivity (Wildman–Crippen MR) is 109 cm³/mol. The van der Waals surface area contributed by atoms with Crippen LogP contribution in [0.2, 0.25) is 0 Å². The monoisotopic (exact) mass is 377 g/mol. The Bertz CT molecular complexity index is 1100. The van der Waals surface area contributed by atoms with E-state index in [1.54, 1.807) is 22.8 Å². The Hall–Kier alpha value is -3.15. The molecule has 4 rings (SSSR count). The number of hydrogen-bond acceptors (Lipinski definition) is 5. The van der Waals surface area contributed by atoms with Gasteiger partial charge in [-0.15, -0.1) is 0 Å². The van der Waals surface area contributed by atoms with Gasteiger partial charge in [0.05, 0.1) is 29.3 Å². The van der Waals surface area contributed by atoms with Crippen LogP contribution < -0.4 is 10.5 Å². The van der Waals surface area contributed by atoms with E-state index in [0.717, 1.165) is 37.2 Å². The number of aromatic nitrogens is 2. The number of anilines is 1. The number of fused-ring (bicyclic) bond motifs is 1. The molecule has 1 aromatic heterocycles. The standard InChI is InChI=1S/C22H23N3O3/c1-15-7-6-8-17(13-15)25-20(26)18-10-9-16(21(27)28-2)14-19(18)23-22(25)24-11-4-3-5-12-24/h6-10,13-14H,3-5,11-12H2,1-2H3. The molecule has 2 aromatic carbocycles. The molecule has 0 amide bonds. The average molecular weight is 377 g/mol. The highest BCUT2D eigenvalue weighted by Gasteiger charge is 2.21. The minimum absolute atomic E-state index is 0.132. The molecule has 6 nitrogen and oxygen atoms in total. The molecule has 28 heavy (non-hydrogen) atoms. The number of methoxy groups -OCH3 is 1. The third kappa shape index (κ3) is 3.26. The molecule has 0 atom stereocenters. The fourth-order valence-electron chi connectivity index (χ4n) is 3.72. The van der Waals surface area contributed by atoms with Crippen LogP contribution in [0, 0.1) is 6.92 Å². The SMILES string of the molecule is COC(=O)c1ccc2c(=O)n(-c3cccc(C)c3)c(N3CCCCC3)nc2c1. The number of aryl methyl sites for hydroxylation is 1. The molecule has 0 aliphatic carbocycles. The number of esters is 1. The maximum Gasteiger partial charge on any atom is 0.337 e. The molecule has 0 radical (unpaired) electrons. The normalized spacial score (nSPS) is 14.3. The number of benzene rings is 2. The molecule has 0 saturated carbocycles. The summed E-state index contributed by atoms with van der Waals surface area (Å²) in [6.07, 6.45) is 3.33. The molecule has 3 aromatic rings. The van der Waals surface area contributed by atoms with Crippen LogP contribution in [-0.4, -0.2) is 35.7 Å². The van der Waals surface area contributed by atoms with E-state index in [0.29, 0.717) is 22.4 Å². The van der Waals surface area contributed by atoms with Crippen molar-refractivity contribution in [3.63, 3.8) is 0 Å². The Kier molecular flexibility index (Phi) is 4.86. The van der Waals surface area contributed by atoms with Gasteiger partial charge in [0.25, 0.3) is 5.56 Å². The first-order chi connectivity index (χ1) is 13.6. The maximum absolute atomic E-state index is 13.4. The zero-order chi connectivity index (χ0) is 19.7. The van der Waals surface area contributed by atoms with E-state index in [9.17, 15) is 9.59 Å². The van der Waals surface area contributed by atoms with Crippen molar-refractivity contribution in [1.29, 1.82) is 0 Å². The van der Waals surface area contributed by atoms with Gasteiger partial charge in [0.2, 0.25) is 5.95 Å². The summed E-state index contributed by atoms with van der Waals surface area (Å²) in [4.78, 5) is 32.3. The quantitative estimate of drug-likeness (QED) is 0.654. The number of nitrogens with zero attached hydrogens (tertiary/aromatic N) is 3. The summed E-state index contributed by atoms with van der Waals surface area (Å²) < 4.78 is 6.50. The van der Waals surface area contributed by atoms with E-state index in [4.69, 9.17) is 9.72 Å². The van der Waals surface area contributed by atoms with Gasteiger partial charge in [-0.3, -0.25) is 4.79 Å². The highest BCUT2D eigenvalue weighted by molar-refractivity contribution is 5.94. The molecule has 1 fully saturated rings. The first kappa shape index (κ1) is 18.2. The van der Waals surface area contributed by atoms with Crippen molar-refractivity contribution in [2.75, 3.05) is 25.1 Å². The van der Waals surface area contributed by atoms with E-state index in [1.807, 2.05) is 31.2 Å². The van der Waals surface area contributed by atoms with E-state index in [-0.39, 0.29) is 5.56 Å². The topological polar surface area (TPSA) is 64.4 Å². The molecule has 1 aliphatic heterocycles. The average Bonchev–Trinajstić information content (AvgIpc) is 2.73. The second-order valence-corrected chi connectivity index (χ2v) is 7.16. The van der Waals surface area contributed by atoms with Gasteiger partial charge in [-0.2, -0.15) is 0 Å². The van der Waals surface area contributed by atoms with E-state index in [2.05, 4.69) is 4.90 Å². The minimum Gasteiger partial charge on any atom is -0.465 e.